The van der Waals surface area contributed by atoms with Crippen molar-refractivity contribution in [3.63, 3.8) is 0 Å². The molecule has 4 nitrogen and oxygen atoms in total. The Morgan fingerprint density at radius 1 is 1.05 bits per heavy atom. The van der Waals surface area contributed by atoms with Gasteiger partial charge in [-0.3, -0.25) is 0 Å². The monoisotopic (exact) mass is 286 g/mol. The second-order valence-corrected chi connectivity index (χ2v) is 6.37. The Hall–Kier alpha value is -0.910. The summed E-state index contributed by atoms with van der Waals surface area (Å²) < 4.78 is 35.0. The lowest BCUT2D eigenvalue weighted by molar-refractivity contribution is -0.136. The predicted molar refractivity (Wildman–Crippen MR) is 74.9 cm³/mol. The van der Waals surface area contributed by atoms with E-state index in [-0.39, 0.29) is 5.75 Å². The summed E-state index contributed by atoms with van der Waals surface area (Å²) in [6, 6.07) is 6.88. The Balaban J connectivity index is 2.66. The van der Waals surface area contributed by atoms with Gasteiger partial charge < -0.3 is 9.47 Å². The van der Waals surface area contributed by atoms with Gasteiger partial charge in [0.05, 0.1) is 10.6 Å². The second-order valence-electron chi connectivity index (χ2n) is 4.26. The normalized spacial score (nSPS) is 12.0. The first-order valence-corrected chi connectivity index (χ1v) is 8.17. The highest BCUT2D eigenvalue weighted by molar-refractivity contribution is 7.91. The summed E-state index contributed by atoms with van der Waals surface area (Å²) in [5, 5.41) is 0. The van der Waals surface area contributed by atoms with Crippen LogP contribution in [0, 0.1) is 6.92 Å². The Kier molecular flexibility index (Phi) is 6.48. The molecule has 0 aliphatic heterocycles. The summed E-state index contributed by atoms with van der Waals surface area (Å²) in [6.45, 7) is 6.67. The molecule has 1 aromatic rings. The van der Waals surface area contributed by atoms with E-state index in [1.165, 1.54) is 0 Å². The molecule has 0 aliphatic rings. The van der Waals surface area contributed by atoms with E-state index in [9.17, 15) is 8.42 Å². The van der Waals surface area contributed by atoms with Gasteiger partial charge in [-0.05, 0) is 32.9 Å². The molecular formula is C14H22O4S. The fourth-order valence-electron chi connectivity index (χ4n) is 1.70. The SMILES string of the molecule is CCOC(CCS(=O)(=O)c1ccc(C)cc1)OCC. The molecule has 108 valence electrons. The fraction of sp³-hybridized carbons (Fsp3) is 0.571. The number of benzene rings is 1. The van der Waals surface area contributed by atoms with Gasteiger partial charge in [0.2, 0.25) is 0 Å². The van der Waals surface area contributed by atoms with Crippen molar-refractivity contribution in [1.82, 2.24) is 0 Å². The average Bonchev–Trinajstić information content (AvgIpc) is 2.37. The zero-order chi connectivity index (χ0) is 14.3. The molecule has 0 heterocycles. The summed E-state index contributed by atoms with van der Waals surface area (Å²) >= 11 is 0. The van der Waals surface area contributed by atoms with E-state index in [0.29, 0.717) is 24.5 Å². The number of sulfone groups is 1. The van der Waals surface area contributed by atoms with Gasteiger partial charge in [0, 0.05) is 19.6 Å². The molecule has 1 rings (SSSR count). The third kappa shape index (κ3) is 5.30. The van der Waals surface area contributed by atoms with Crippen LogP contribution in [-0.2, 0) is 19.3 Å². The van der Waals surface area contributed by atoms with E-state index in [1.807, 2.05) is 20.8 Å². The number of ether oxygens (including phenoxy) is 2. The molecule has 0 aliphatic carbocycles. The second kappa shape index (κ2) is 7.62. The largest absolute Gasteiger partial charge is 0.353 e. The third-order valence-corrected chi connectivity index (χ3v) is 4.47. The van der Waals surface area contributed by atoms with Gasteiger partial charge in [0.25, 0.3) is 0 Å². The number of hydrogen-bond acceptors (Lipinski definition) is 4. The lowest BCUT2D eigenvalue weighted by Crippen LogP contribution is -2.21. The third-order valence-electron chi connectivity index (χ3n) is 2.71. The first-order valence-electron chi connectivity index (χ1n) is 6.52. The minimum Gasteiger partial charge on any atom is -0.353 e. The van der Waals surface area contributed by atoms with Crippen LogP contribution in [0.3, 0.4) is 0 Å². The van der Waals surface area contributed by atoms with Gasteiger partial charge in [-0.15, -0.1) is 0 Å². The maximum absolute atomic E-state index is 12.1. The highest BCUT2D eigenvalue weighted by Crippen LogP contribution is 2.14. The predicted octanol–water partition coefficient (Wildman–Crippen LogP) is 2.56. The maximum Gasteiger partial charge on any atom is 0.178 e. The molecule has 1 aromatic carbocycles. The Morgan fingerprint density at radius 2 is 1.58 bits per heavy atom. The molecule has 0 aromatic heterocycles. The van der Waals surface area contributed by atoms with E-state index < -0.39 is 16.1 Å². The molecule has 0 saturated heterocycles. The van der Waals surface area contributed by atoms with Gasteiger partial charge in [0.1, 0.15) is 0 Å². The smallest absolute Gasteiger partial charge is 0.178 e. The molecule has 0 saturated carbocycles. The van der Waals surface area contributed by atoms with Crippen LogP contribution in [0.1, 0.15) is 25.8 Å². The average molecular weight is 286 g/mol. The van der Waals surface area contributed by atoms with E-state index in [1.54, 1.807) is 24.3 Å². The molecule has 0 amide bonds. The maximum atomic E-state index is 12.1. The van der Waals surface area contributed by atoms with E-state index >= 15 is 0 Å². The van der Waals surface area contributed by atoms with Crippen LogP contribution in [-0.4, -0.2) is 33.7 Å². The molecule has 0 unspecified atom stereocenters. The van der Waals surface area contributed by atoms with Gasteiger partial charge in [0.15, 0.2) is 16.1 Å². The van der Waals surface area contributed by atoms with Crippen LogP contribution >= 0.6 is 0 Å². The molecule has 0 fully saturated rings. The lowest BCUT2D eigenvalue weighted by atomic mass is 10.2. The van der Waals surface area contributed by atoms with Crippen LogP contribution in [0.4, 0.5) is 0 Å². The standard InChI is InChI=1S/C14H22O4S/c1-4-17-14(18-5-2)10-11-19(15,16)13-8-6-12(3)7-9-13/h6-9,14H,4-5,10-11H2,1-3H3. The van der Waals surface area contributed by atoms with Crippen LogP contribution in [0.2, 0.25) is 0 Å². The van der Waals surface area contributed by atoms with Crippen molar-refractivity contribution in [2.45, 2.75) is 38.4 Å². The molecule has 19 heavy (non-hydrogen) atoms. The number of aryl methyl sites for hydroxylation is 1. The number of rotatable bonds is 8. The van der Waals surface area contributed by atoms with Gasteiger partial charge in [-0.1, -0.05) is 17.7 Å². The Morgan fingerprint density at radius 3 is 2.05 bits per heavy atom. The first-order chi connectivity index (χ1) is 8.99. The highest BCUT2D eigenvalue weighted by Gasteiger charge is 2.18. The van der Waals surface area contributed by atoms with Crippen molar-refractivity contribution in [2.24, 2.45) is 0 Å². The van der Waals surface area contributed by atoms with E-state index in [2.05, 4.69) is 0 Å². The van der Waals surface area contributed by atoms with Crippen molar-refractivity contribution in [1.29, 1.82) is 0 Å². The summed E-state index contributed by atoms with van der Waals surface area (Å²) in [5.74, 6) is 0.0285. The molecule has 0 atom stereocenters. The van der Waals surface area contributed by atoms with E-state index in [0.717, 1.165) is 5.56 Å². The summed E-state index contributed by atoms with van der Waals surface area (Å²) in [7, 11) is -3.27. The van der Waals surface area contributed by atoms with Crippen molar-refractivity contribution in [2.75, 3.05) is 19.0 Å². The molecule has 5 heteroatoms. The molecule has 0 spiro atoms. The Bertz CT molecular complexity index is 459. The van der Waals surface area contributed by atoms with Gasteiger partial charge in [-0.2, -0.15) is 0 Å². The zero-order valence-electron chi connectivity index (χ0n) is 11.8. The molecule has 0 N–H and O–H groups in total. The van der Waals surface area contributed by atoms with Crippen LogP contribution < -0.4 is 0 Å². The number of hydrogen-bond donors (Lipinski definition) is 0. The summed E-state index contributed by atoms with van der Waals surface area (Å²) in [5.41, 5.74) is 1.04. The first kappa shape index (κ1) is 16.1. The van der Waals surface area contributed by atoms with Gasteiger partial charge in [-0.25, -0.2) is 8.42 Å². The van der Waals surface area contributed by atoms with Crippen LogP contribution in [0.15, 0.2) is 29.2 Å². The van der Waals surface area contributed by atoms with Crippen molar-refractivity contribution < 1.29 is 17.9 Å². The quantitative estimate of drug-likeness (QED) is 0.689. The zero-order valence-corrected chi connectivity index (χ0v) is 12.6. The minimum atomic E-state index is -3.27. The lowest BCUT2D eigenvalue weighted by Gasteiger charge is -2.16. The van der Waals surface area contributed by atoms with Crippen molar-refractivity contribution in [3.8, 4) is 0 Å². The Labute approximate surface area is 115 Å². The highest BCUT2D eigenvalue weighted by atomic mass is 32.2. The van der Waals surface area contributed by atoms with Gasteiger partial charge >= 0.3 is 0 Å². The van der Waals surface area contributed by atoms with Crippen molar-refractivity contribution in [3.05, 3.63) is 29.8 Å². The van der Waals surface area contributed by atoms with Crippen LogP contribution in [0.25, 0.3) is 0 Å². The molecule has 0 bridgehead atoms. The summed E-state index contributed by atoms with van der Waals surface area (Å²) in [6.07, 6.45) is -0.104. The summed E-state index contributed by atoms with van der Waals surface area (Å²) in [4.78, 5) is 0.352. The topological polar surface area (TPSA) is 52.6 Å². The van der Waals surface area contributed by atoms with Crippen LogP contribution in [0.5, 0.6) is 0 Å². The molecular weight excluding hydrogens is 264 g/mol. The van der Waals surface area contributed by atoms with Crippen molar-refractivity contribution >= 4 is 9.84 Å². The molecule has 0 radical (unpaired) electrons. The fourth-order valence-corrected chi connectivity index (χ4v) is 2.99. The minimum absolute atomic E-state index is 0.0285. The van der Waals surface area contributed by atoms with E-state index in [4.69, 9.17) is 9.47 Å².